The zero-order chi connectivity index (χ0) is 16.2. The molecule has 10 heteroatoms. The molecular weight excluding hydrogens is 325 g/mol. The minimum Gasteiger partial charge on any atom is -0.469 e. The van der Waals surface area contributed by atoms with E-state index < -0.39 is 53.8 Å². The molecule has 0 fully saturated rings. The predicted molar refractivity (Wildman–Crippen MR) is 61.2 cm³/mol. The Labute approximate surface area is 120 Å². The first-order valence-corrected chi connectivity index (χ1v) is 5.90. The molecule has 0 saturated heterocycles. The molecule has 118 valence electrons. The monoisotopic (exact) mass is 333 g/mol. The van der Waals surface area contributed by atoms with Gasteiger partial charge >= 0.3 is 12.3 Å². The van der Waals surface area contributed by atoms with Gasteiger partial charge in [0.1, 0.15) is 5.69 Å². The third-order valence-electron chi connectivity index (χ3n) is 2.27. The first kappa shape index (κ1) is 17.4. The maximum absolute atomic E-state index is 12.7. The van der Waals surface area contributed by atoms with Crippen molar-refractivity contribution in [1.82, 2.24) is 4.98 Å². The van der Waals surface area contributed by atoms with E-state index >= 15 is 0 Å². The molecule has 1 aromatic heterocycles. The molecular formula is C11H9ClF5NO3. The highest BCUT2D eigenvalue weighted by molar-refractivity contribution is 6.17. The smallest absolute Gasteiger partial charge is 0.469 e. The van der Waals surface area contributed by atoms with Crippen LogP contribution >= 0.6 is 11.6 Å². The molecule has 0 saturated carbocycles. The van der Waals surface area contributed by atoms with E-state index in [9.17, 15) is 26.7 Å². The van der Waals surface area contributed by atoms with Crippen LogP contribution in [0.3, 0.4) is 0 Å². The van der Waals surface area contributed by atoms with E-state index in [1.54, 1.807) is 0 Å². The van der Waals surface area contributed by atoms with Crippen molar-refractivity contribution < 1.29 is 36.2 Å². The Kier molecular flexibility index (Phi) is 5.70. The summed E-state index contributed by atoms with van der Waals surface area (Å²) in [6.45, 7) is 0. The zero-order valence-electron chi connectivity index (χ0n) is 10.5. The second kappa shape index (κ2) is 6.88. The van der Waals surface area contributed by atoms with Gasteiger partial charge in [-0.3, -0.25) is 4.79 Å². The number of carbonyl (C=O) groups excluding carboxylic acids is 1. The highest BCUT2D eigenvalue weighted by atomic mass is 35.5. The molecule has 21 heavy (non-hydrogen) atoms. The molecule has 0 aliphatic carbocycles. The molecule has 0 aliphatic heterocycles. The summed E-state index contributed by atoms with van der Waals surface area (Å²) >= 11 is 5.41. The number of hydrogen-bond acceptors (Lipinski definition) is 4. The second-order valence-corrected chi connectivity index (χ2v) is 3.98. The fourth-order valence-corrected chi connectivity index (χ4v) is 1.65. The normalized spacial score (nSPS) is 11.6. The van der Waals surface area contributed by atoms with Crippen molar-refractivity contribution >= 4 is 17.6 Å². The molecule has 0 aliphatic rings. The number of ether oxygens (including phenoxy) is 2. The van der Waals surface area contributed by atoms with E-state index in [-0.39, 0.29) is 0 Å². The van der Waals surface area contributed by atoms with Crippen molar-refractivity contribution in [2.75, 3.05) is 7.11 Å². The number of rotatable bonds is 5. The van der Waals surface area contributed by atoms with Crippen molar-refractivity contribution in [3.63, 3.8) is 0 Å². The number of methoxy groups -OCH3 is 1. The van der Waals surface area contributed by atoms with Crippen molar-refractivity contribution in [3.8, 4) is 5.75 Å². The number of nitrogens with zero attached hydrogens (tertiary/aromatic N) is 1. The van der Waals surface area contributed by atoms with Crippen molar-refractivity contribution in [3.05, 3.63) is 23.0 Å². The maximum atomic E-state index is 12.7. The number of carbonyl (C=O) groups is 1. The first-order chi connectivity index (χ1) is 9.67. The van der Waals surface area contributed by atoms with Gasteiger partial charge in [-0.05, 0) is 6.07 Å². The molecule has 0 bridgehead atoms. The highest BCUT2D eigenvalue weighted by Crippen LogP contribution is 2.33. The summed E-state index contributed by atoms with van der Waals surface area (Å²) < 4.78 is 70.4. The Morgan fingerprint density at radius 2 is 2.05 bits per heavy atom. The van der Waals surface area contributed by atoms with E-state index in [4.69, 9.17) is 11.6 Å². The number of pyridine rings is 1. The van der Waals surface area contributed by atoms with Crippen LogP contribution in [0.4, 0.5) is 22.0 Å². The molecule has 0 spiro atoms. The molecule has 0 amide bonds. The fraction of sp³-hybridized carbons (Fsp3) is 0.455. The van der Waals surface area contributed by atoms with Crippen LogP contribution in [-0.2, 0) is 21.8 Å². The Morgan fingerprint density at radius 3 is 2.48 bits per heavy atom. The fourth-order valence-electron chi connectivity index (χ4n) is 1.47. The Bertz CT molecular complexity index is 521. The molecule has 0 aromatic carbocycles. The minimum atomic E-state index is -5.08. The molecule has 1 aromatic rings. The topological polar surface area (TPSA) is 48.4 Å². The highest BCUT2D eigenvalue weighted by Gasteiger charge is 2.34. The summed E-state index contributed by atoms with van der Waals surface area (Å²) in [7, 11) is 1.00. The van der Waals surface area contributed by atoms with Gasteiger partial charge in [-0.25, -0.2) is 13.8 Å². The molecule has 1 heterocycles. The van der Waals surface area contributed by atoms with Crippen LogP contribution < -0.4 is 4.74 Å². The van der Waals surface area contributed by atoms with Gasteiger partial charge < -0.3 is 9.47 Å². The van der Waals surface area contributed by atoms with E-state index in [2.05, 4.69) is 14.5 Å². The van der Waals surface area contributed by atoms with Crippen LogP contribution in [0.5, 0.6) is 5.75 Å². The number of hydrogen-bond donors (Lipinski definition) is 0. The summed E-state index contributed by atoms with van der Waals surface area (Å²) in [5.74, 6) is -2.39. The van der Waals surface area contributed by atoms with E-state index in [0.717, 1.165) is 7.11 Å². The van der Waals surface area contributed by atoms with Crippen LogP contribution in [-0.4, -0.2) is 24.4 Å². The van der Waals surface area contributed by atoms with E-state index in [1.807, 2.05) is 0 Å². The summed E-state index contributed by atoms with van der Waals surface area (Å²) in [5, 5.41) is 0. The quantitative estimate of drug-likeness (QED) is 0.471. The zero-order valence-corrected chi connectivity index (χ0v) is 11.3. The molecule has 0 atom stereocenters. The van der Waals surface area contributed by atoms with Gasteiger partial charge in [-0.1, -0.05) is 0 Å². The lowest BCUT2D eigenvalue weighted by atomic mass is 10.1. The Morgan fingerprint density at radius 1 is 1.43 bits per heavy atom. The van der Waals surface area contributed by atoms with Gasteiger partial charge in [0.25, 0.3) is 6.43 Å². The Balaban J connectivity index is 3.37. The lowest BCUT2D eigenvalue weighted by molar-refractivity contribution is -0.275. The van der Waals surface area contributed by atoms with Crippen LogP contribution in [0.1, 0.15) is 23.4 Å². The van der Waals surface area contributed by atoms with Crippen molar-refractivity contribution in [1.29, 1.82) is 0 Å². The largest absolute Gasteiger partial charge is 0.573 e. The average molecular weight is 334 g/mol. The van der Waals surface area contributed by atoms with Gasteiger partial charge in [0.05, 0.1) is 25.1 Å². The van der Waals surface area contributed by atoms with Crippen LogP contribution in [0.15, 0.2) is 6.07 Å². The van der Waals surface area contributed by atoms with Crippen LogP contribution in [0.25, 0.3) is 0 Å². The number of esters is 1. The van der Waals surface area contributed by atoms with Gasteiger partial charge in [-0.2, -0.15) is 0 Å². The van der Waals surface area contributed by atoms with E-state index in [1.165, 1.54) is 0 Å². The van der Waals surface area contributed by atoms with Crippen molar-refractivity contribution in [2.24, 2.45) is 0 Å². The molecule has 0 radical (unpaired) electrons. The third kappa shape index (κ3) is 5.00. The molecule has 1 rings (SSSR count). The lowest BCUT2D eigenvalue weighted by Crippen LogP contribution is -2.21. The third-order valence-corrected chi connectivity index (χ3v) is 2.52. The summed E-state index contributed by atoms with van der Waals surface area (Å²) in [5.41, 5.74) is -1.77. The second-order valence-electron chi connectivity index (χ2n) is 3.72. The molecule has 0 N–H and O–H groups in total. The van der Waals surface area contributed by atoms with E-state index in [0.29, 0.717) is 6.07 Å². The Hall–Kier alpha value is -1.64. The summed E-state index contributed by atoms with van der Waals surface area (Å²) in [6.07, 6.45) is -8.81. The first-order valence-electron chi connectivity index (χ1n) is 5.37. The number of aromatic nitrogens is 1. The van der Waals surface area contributed by atoms with Gasteiger partial charge in [0, 0.05) is 5.56 Å². The predicted octanol–water partition coefficient (Wildman–Crippen LogP) is 3.37. The number of alkyl halides is 6. The maximum Gasteiger partial charge on any atom is 0.573 e. The SMILES string of the molecule is COC(=O)Cc1cc(C(F)F)nc(CCl)c1OC(F)(F)F. The van der Waals surface area contributed by atoms with Gasteiger partial charge in [0.2, 0.25) is 0 Å². The molecule has 4 nitrogen and oxygen atoms in total. The van der Waals surface area contributed by atoms with Gasteiger partial charge in [-0.15, -0.1) is 24.8 Å². The average Bonchev–Trinajstić information content (AvgIpc) is 2.38. The molecule has 0 unspecified atom stereocenters. The van der Waals surface area contributed by atoms with Gasteiger partial charge in [0.15, 0.2) is 5.75 Å². The van der Waals surface area contributed by atoms with Crippen molar-refractivity contribution in [2.45, 2.75) is 25.1 Å². The van der Waals surface area contributed by atoms with Crippen LogP contribution in [0.2, 0.25) is 0 Å². The lowest BCUT2D eigenvalue weighted by Gasteiger charge is -2.16. The standard InChI is InChI=1S/C11H9ClF5NO3/c1-20-8(19)3-5-2-6(10(13)14)18-7(4-12)9(5)21-11(15,16)17/h2,10H,3-4H2,1H3. The summed E-state index contributed by atoms with van der Waals surface area (Å²) in [6, 6.07) is 0.651. The minimum absolute atomic E-state index is 0.430. The number of halogens is 6. The van der Waals surface area contributed by atoms with Crippen LogP contribution in [0, 0.1) is 0 Å². The summed E-state index contributed by atoms with van der Waals surface area (Å²) in [4.78, 5) is 14.5.